The topological polar surface area (TPSA) is 35.2 Å². The van der Waals surface area contributed by atoms with Gasteiger partial charge in [0.15, 0.2) is 0 Å². The summed E-state index contributed by atoms with van der Waals surface area (Å²) in [5, 5.41) is 0.623. The van der Waals surface area contributed by atoms with E-state index >= 15 is 0 Å². The summed E-state index contributed by atoms with van der Waals surface area (Å²) in [6.45, 7) is 2.47. The van der Waals surface area contributed by atoms with Crippen molar-refractivity contribution in [3.63, 3.8) is 0 Å². The van der Waals surface area contributed by atoms with Crippen molar-refractivity contribution < 1.29 is 4.74 Å². The average molecular weight is 355 g/mol. The van der Waals surface area contributed by atoms with Crippen LogP contribution in [0.2, 0.25) is 5.02 Å². The number of halogens is 2. The van der Waals surface area contributed by atoms with Gasteiger partial charge in [-0.2, -0.15) is 0 Å². The minimum Gasteiger partial charge on any atom is -0.487 e. The molecule has 0 amide bonds. The predicted molar refractivity (Wildman–Crippen MR) is 87.3 cm³/mol. The highest BCUT2D eigenvalue weighted by Crippen LogP contribution is 2.27. The molecule has 0 bridgehead atoms. The van der Waals surface area contributed by atoms with E-state index in [-0.39, 0.29) is 6.04 Å². The molecule has 0 aliphatic rings. The molecule has 0 saturated carbocycles. The molecule has 106 valence electrons. The zero-order chi connectivity index (χ0) is 14.5. The molecular weight excluding hydrogens is 338 g/mol. The zero-order valence-electron chi connectivity index (χ0n) is 11.3. The maximum Gasteiger partial charge on any atom is 0.138 e. The average Bonchev–Trinajstić information content (AvgIpc) is 2.37. The van der Waals surface area contributed by atoms with Crippen LogP contribution in [0.5, 0.6) is 5.75 Å². The van der Waals surface area contributed by atoms with Crippen LogP contribution in [0.3, 0.4) is 0 Å². The first-order valence-electron chi connectivity index (χ1n) is 6.46. The molecule has 1 unspecified atom stereocenters. The number of rotatable bonds is 5. The van der Waals surface area contributed by atoms with E-state index in [9.17, 15) is 0 Å². The highest BCUT2D eigenvalue weighted by molar-refractivity contribution is 9.10. The Balaban J connectivity index is 2.03. The smallest absolute Gasteiger partial charge is 0.138 e. The molecule has 4 heteroatoms. The Kier molecular flexibility index (Phi) is 5.46. The lowest BCUT2D eigenvalue weighted by atomic mass is 10.1. The first-order valence-corrected chi connectivity index (χ1v) is 7.63. The van der Waals surface area contributed by atoms with Gasteiger partial charge in [-0.15, -0.1) is 0 Å². The summed E-state index contributed by atoms with van der Waals surface area (Å²) in [7, 11) is 0. The Hall–Kier alpha value is -1.03. The van der Waals surface area contributed by atoms with Crippen molar-refractivity contribution in [1.82, 2.24) is 0 Å². The molecule has 2 N–H and O–H groups in total. The minimum atomic E-state index is 0.125. The van der Waals surface area contributed by atoms with Crippen molar-refractivity contribution in [3.8, 4) is 5.75 Å². The van der Waals surface area contributed by atoms with Crippen molar-refractivity contribution in [2.75, 3.05) is 0 Å². The van der Waals surface area contributed by atoms with Crippen LogP contribution in [-0.2, 0) is 13.0 Å². The van der Waals surface area contributed by atoms with Crippen LogP contribution < -0.4 is 10.5 Å². The molecule has 0 fully saturated rings. The van der Waals surface area contributed by atoms with Gasteiger partial charge in [-0.25, -0.2) is 0 Å². The van der Waals surface area contributed by atoms with Gasteiger partial charge in [0.2, 0.25) is 0 Å². The fourth-order valence-corrected chi connectivity index (χ4v) is 2.65. The van der Waals surface area contributed by atoms with Gasteiger partial charge in [0.1, 0.15) is 12.4 Å². The normalized spacial score (nSPS) is 12.2. The van der Waals surface area contributed by atoms with Gasteiger partial charge < -0.3 is 10.5 Å². The van der Waals surface area contributed by atoms with E-state index in [2.05, 4.69) is 15.9 Å². The molecule has 2 aromatic rings. The maximum atomic E-state index is 6.24. The summed E-state index contributed by atoms with van der Waals surface area (Å²) in [6, 6.07) is 14.0. The molecule has 2 nitrogen and oxygen atoms in total. The Morgan fingerprint density at radius 3 is 2.65 bits per heavy atom. The zero-order valence-corrected chi connectivity index (χ0v) is 13.6. The van der Waals surface area contributed by atoms with E-state index in [0.29, 0.717) is 17.4 Å². The number of benzene rings is 2. The van der Waals surface area contributed by atoms with Crippen LogP contribution >= 0.6 is 27.5 Å². The van der Waals surface area contributed by atoms with E-state index in [0.717, 1.165) is 22.0 Å². The van der Waals surface area contributed by atoms with Gasteiger partial charge >= 0.3 is 0 Å². The number of hydrogen-bond donors (Lipinski definition) is 1. The molecule has 0 aromatic heterocycles. The van der Waals surface area contributed by atoms with E-state index in [1.165, 1.54) is 0 Å². The highest BCUT2D eigenvalue weighted by Gasteiger charge is 2.05. The molecule has 1 atom stereocenters. The Bertz CT molecular complexity index is 586. The molecule has 2 aromatic carbocycles. The van der Waals surface area contributed by atoms with Crippen LogP contribution in [0.25, 0.3) is 0 Å². The van der Waals surface area contributed by atoms with Crippen molar-refractivity contribution in [3.05, 3.63) is 63.1 Å². The Morgan fingerprint density at radius 1 is 1.20 bits per heavy atom. The summed E-state index contributed by atoms with van der Waals surface area (Å²) in [6.07, 6.45) is 0.811. The SMILES string of the molecule is CC(N)Cc1ccc(OCc2cccc(Br)c2)c(Cl)c1. The van der Waals surface area contributed by atoms with Gasteiger partial charge in [0.25, 0.3) is 0 Å². The summed E-state index contributed by atoms with van der Waals surface area (Å²) in [5.41, 5.74) is 8.00. The van der Waals surface area contributed by atoms with Gasteiger partial charge in [-0.1, -0.05) is 45.7 Å². The van der Waals surface area contributed by atoms with Crippen molar-refractivity contribution in [1.29, 1.82) is 0 Å². The first kappa shape index (κ1) is 15.4. The molecule has 0 aliphatic heterocycles. The largest absolute Gasteiger partial charge is 0.487 e. The monoisotopic (exact) mass is 353 g/mol. The molecule has 0 radical (unpaired) electrons. The van der Waals surface area contributed by atoms with Gasteiger partial charge in [-0.05, 0) is 48.7 Å². The number of hydrogen-bond acceptors (Lipinski definition) is 2. The molecular formula is C16H17BrClNO. The number of nitrogens with two attached hydrogens (primary N) is 1. The third kappa shape index (κ3) is 4.51. The third-order valence-electron chi connectivity index (χ3n) is 2.84. The third-order valence-corrected chi connectivity index (χ3v) is 3.63. The molecule has 0 aliphatic carbocycles. The fraction of sp³-hybridized carbons (Fsp3) is 0.250. The maximum absolute atomic E-state index is 6.24. The lowest BCUT2D eigenvalue weighted by Crippen LogP contribution is -2.17. The van der Waals surface area contributed by atoms with Crippen LogP contribution in [0.1, 0.15) is 18.1 Å². The summed E-state index contributed by atoms with van der Waals surface area (Å²) in [5.74, 6) is 0.695. The predicted octanol–water partition coefficient (Wildman–Crippen LogP) is 4.57. The Labute approximate surface area is 133 Å². The van der Waals surface area contributed by atoms with Crippen LogP contribution in [0.4, 0.5) is 0 Å². The second-order valence-corrected chi connectivity index (χ2v) is 6.19. The summed E-state index contributed by atoms with van der Waals surface area (Å²) >= 11 is 9.68. The molecule has 0 spiro atoms. The summed E-state index contributed by atoms with van der Waals surface area (Å²) < 4.78 is 6.79. The van der Waals surface area contributed by atoms with Gasteiger partial charge in [0.05, 0.1) is 5.02 Å². The van der Waals surface area contributed by atoms with Crippen molar-refractivity contribution in [2.24, 2.45) is 5.73 Å². The standard InChI is InChI=1S/C16H17BrClNO/c1-11(19)7-12-5-6-16(15(18)9-12)20-10-13-3-2-4-14(17)8-13/h2-6,8-9,11H,7,10,19H2,1H3. The van der Waals surface area contributed by atoms with Crippen molar-refractivity contribution in [2.45, 2.75) is 26.0 Å². The molecule has 0 heterocycles. The summed E-state index contributed by atoms with van der Waals surface area (Å²) in [4.78, 5) is 0. The lowest BCUT2D eigenvalue weighted by Gasteiger charge is -2.11. The van der Waals surface area contributed by atoms with Crippen LogP contribution in [0, 0.1) is 0 Å². The van der Waals surface area contributed by atoms with Gasteiger partial charge in [0, 0.05) is 10.5 Å². The number of ether oxygens (including phenoxy) is 1. The first-order chi connectivity index (χ1) is 9.54. The van der Waals surface area contributed by atoms with Crippen LogP contribution in [0.15, 0.2) is 46.9 Å². The molecule has 2 rings (SSSR count). The lowest BCUT2D eigenvalue weighted by molar-refractivity contribution is 0.306. The second-order valence-electron chi connectivity index (χ2n) is 4.86. The second kappa shape index (κ2) is 7.11. The van der Waals surface area contributed by atoms with E-state index in [4.69, 9.17) is 22.1 Å². The van der Waals surface area contributed by atoms with E-state index in [1.807, 2.05) is 49.4 Å². The quantitative estimate of drug-likeness (QED) is 0.853. The Morgan fingerprint density at radius 2 is 2.00 bits per heavy atom. The molecule has 20 heavy (non-hydrogen) atoms. The van der Waals surface area contributed by atoms with Crippen molar-refractivity contribution >= 4 is 27.5 Å². The highest BCUT2D eigenvalue weighted by atomic mass is 79.9. The van der Waals surface area contributed by atoms with Crippen LogP contribution in [-0.4, -0.2) is 6.04 Å². The van der Waals surface area contributed by atoms with E-state index in [1.54, 1.807) is 0 Å². The molecule has 0 saturated heterocycles. The van der Waals surface area contributed by atoms with Gasteiger partial charge in [-0.3, -0.25) is 0 Å². The van der Waals surface area contributed by atoms with E-state index < -0.39 is 0 Å². The minimum absolute atomic E-state index is 0.125. The fourth-order valence-electron chi connectivity index (χ4n) is 1.95.